The normalized spacial score (nSPS) is 12.5. The maximum Gasteiger partial charge on any atom is 0.452 e. The predicted molar refractivity (Wildman–Crippen MR) is 84.0 cm³/mol. The highest BCUT2D eigenvalue weighted by molar-refractivity contribution is 6.78. The number of ether oxygens (including phenoxy) is 1. The van der Waals surface area contributed by atoms with Crippen LogP contribution in [0.25, 0.3) is 0 Å². The largest absolute Gasteiger partial charge is 0.500 e. The molecule has 7 heteroatoms. The predicted octanol–water partition coefficient (Wildman–Crippen LogP) is 5.30. The van der Waals surface area contributed by atoms with Gasteiger partial charge in [-0.3, -0.25) is 0 Å². The first-order chi connectivity index (χ1) is 9.68. The van der Waals surface area contributed by atoms with Crippen molar-refractivity contribution in [1.82, 2.24) is 0 Å². The van der Waals surface area contributed by atoms with Crippen LogP contribution in [0.3, 0.4) is 0 Å². The maximum atomic E-state index is 11.9. The Morgan fingerprint density at radius 3 is 1.71 bits per heavy atom. The lowest BCUT2D eigenvalue weighted by Crippen LogP contribution is -2.48. The van der Waals surface area contributed by atoms with E-state index in [9.17, 15) is 9.59 Å². The summed E-state index contributed by atoms with van der Waals surface area (Å²) >= 11 is 0. The third-order valence-corrected chi connectivity index (χ3v) is 9.56. The van der Waals surface area contributed by atoms with Crippen molar-refractivity contribution in [3.8, 4) is 0 Å². The van der Waals surface area contributed by atoms with Gasteiger partial charge in [-0.15, -0.1) is 0 Å². The van der Waals surface area contributed by atoms with Gasteiger partial charge in [-0.2, -0.15) is 0 Å². The summed E-state index contributed by atoms with van der Waals surface area (Å²) in [6.45, 7) is 14.5. The van der Waals surface area contributed by atoms with Crippen LogP contribution >= 0.6 is 0 Å². The summed E-state index contributed by atoms with van der Waals surface area (Å²) < 4.78 is 10.4. The number of rotatable bonds is 6. The topological polar surface area (TPSA) is 77.3 Å². The highest BCUT2D eigenvalue weighted by Crippen LogP contribution is 2.42. The molecule has 0 aromatic carbocycles. The van der Waals surface area contributed by atoms with E-state index in [1.165, 1.54) is 0 Å². The van der Waals surface area contributed by atoms with Crippen molar-refractivity contribution in [3.63, 3.8) is 0 Å². The van der Waals surface area contributed by atoms with Crippen molar-refractivity contribution >= 4 is 20.5 Å². The van der Waals surface area contributed by atoms with Crippen LogP contribution in [0.2, 0.25) is 16.6 Å². The number of carbonyl (C=O) groups is 2. The first kappa shape index (κ1) is 19.8. The van der Waals surface area contributed by atoms with E-state index in [2.05, 4.69) is 51.8 Å². The Morgan fingerprint density at radius 2 is 1.33 bits per heavy atom. The Bertz CT molecular complexity index is 359. The number of hydrogen-bond acceptors (Lipinski definition) is 4. The lowest BCUT2D eigenvalue weighted by Gasteiger charge is -2.40. The van der Waals surface area contributed by atoms with Crippen LogP contribution < -0.4 is 0 Å². The number of nitrogens with zero attached hydrogens (tertiary/aromatic N) is 2. The molecule has 0 aliphatic rings. The first-order valence-corrected chi connectivity index (χ1v) is 9.63. The molecule has 0 unspecified atom stereocenters. The molecule has 0 radical (unpaired) electrons. The van der Waals surface area contributed by atoms with Gasteiger partial charge in [0.1, 0.15) is 0 Å². The van der Waals surface area contributed by atoms with Crippen molar-refractivity contribution in [1.29, 1.82) is 0 Å². The molecule has 0 atom stereocenters. The molecule has 0 heterocycles. The molecule has 0 aliphatic heterocycles. The lowest BCUT2D eigenvalue weighted by atomic mass is 10.5. The van der Waals surface area contributed by atoms with Crippen LogP contribution in [-0.2, 0) is 9.16 Å². The van der Waals surface area contributed by atoms with E-state index < -0.39 is 20.5 Å². The summed E-state index contributed by atoms with van der Waals surface area (Å²) in [5.41, 5.74) is 0.760. The van der Waals surface area contributed by atoms with Gasteiger partial charge in [-0.1, -0.05) is 58.7 Å². The van der Waals surface area contributed by atoms with Crippen molar-refractivity contribution in [2.24, 2.45) is 10.2 Å². The fourth-order valence-corrected chi connectivity index (χ4v) is 7.88. The minimum Gasteiger partial charge on any atom is -0.500 e. The van der Waals surface area contributed by atoms with E-state index in [0.29, 0.717) is 6.42 Å². The van der Waals surface area contributed by atoms with Crippen LogP contribution in [0.15, 0.2) is 10.2 Å². The van der Waals surface area contributed by atoms with Gasteiger partial charge in [0.2, 0.25) is 0 Å². The zero-order valence-corrected chi connectivity index (χ0v) is 15.2. The summed E-state index contributed by atoms with van der Waals surface area (Å²) in [4.78, 5) is 23.1. The molecular formula is C14H28N2O4Si. The van der Waals surface area contributed by atoms with Crippen molar-refractivity contribution in [3.05, 3.63) is 0 Å². The number of azo groups is 1. The van der Waals surface area contributed by atoms with Gasteiger partial charge >= 0.3 is 12.2 Å². The minimum atomic E-state index is -2.34. The summed E-state index contributed by atoms with van der Waals surface area (Å²) in [7, 11) is -2.34. The van der Waals surface area contributed by atoms with Gasteiger partial charge in [0.05, 0.1) is 6.61 Å². The summed E-state index contributed by atoms with van der Waals surface area (Å²) in [6.07, 6.45) is -0.971. The molecule has 0 aromatic rings. The smallest absolute Gasteiger partial charge is 0.452 e. The monoisotopic (exact) mass is 316 g/mol. The summed E-state index contributed by atoms with van der Waals surface area (Å²) in [6, 6.07) is 0. The zero-order chi connectivity index (χ0) is 16.6. The molecule has 122 valence electrons. The van der Waals surface area contributed by atoms with Gasteiger partial charge in [-0.25, -0.2) is 9.59 Å². The SMILES string of the molecule is CCCOC(=O)N=NC(=O)O[Si](C(C)C)(C(C)C)C(C)C. The second-order valence-corrected chi connectivity index (χ2v) is 11.4. The van der Waals surface area contributed by atoms with Crippen LogP contribution in [0.1, 0.15) is 54.9 Å². The Kier molecular flexibility index (Phi) is 8.39. The second-order valence-electron chi connectivity index (χ2n) is 6.00. The average Bonchev–Trinajstić information content (AvgIpc) is 2.38. The van der Waals surface area contributed by atoms with Crippen LogP contribution in [0.4, 0.5) is 9.59 Å². The first-order valence-electron chi connectivity index (χ1n) is 7.49. The van der Waals surface area contributed by atoms with Crippen LogP contribution in [-0.4, -0.2) is 27.1 Å². The molecule has 0 saturated heterocycles. The molecule has 0 fully saturated rings. The number of carbonyl (C=O) groups excluding carboxylic acids is 2. The van der Waals surface area contributed by atoms with Gasteiger partial charge in [-0.05, 0) is 23.0 Å². The number of hydrogen-bond donors (Lipinski definition) is 0. The summed E-state index contributed by atoms with van der Waals surface area (Å²) in [5, 5.41) is 6.57. The fraction of sp³-hybridized carbons (Fsp3) is 0.857. The van der Waals surface area contributed by atoms with Crippen molar-refractivity contribution in [2.45, 2.75) is 71.5 Å². The molecule has 0 rings (SSSR count). The molecule has 0 aliphatic carbocycles. The lowest BCUT2D eigenvalue weighted by molar-refractivity contribution is 0.154. The molecular weight excluding hydrogens is 288 g/mol. The van der Waals surface area contributed by atoms with E-state index in [0.717, 1.165) is 0 Å². The van der Waals surface area contributed by atoms with Gasteiger partial charge in [0.25, 0.3) is 8.32 Å². The average molecular weight is 316 g/mol. The molecule has 0 bridgehead atoms. The zero-order valence-electron chi connectivity index (χ0n) is 14.2. The second kappa shape index (κ2) is 8.91. The molecule has 0 saturated carbocycles. The molecule has 21 heavy (non-hydrogen) atoms. The molecule has 6 nitrogen and oxygen atoms in total. The highest BCUT2D eigenvalue weighted by atomic mass is 28.4. The van der Waals surface area contributed by atoms with E-state index in [-0.39, 0.29) is 23.2 Å². The van der Waals surface area contributed by atoms with Gasteiger partial charge < -0.3 is 9.16 Å². The highest BCUT2D eigenvalue weighted by Gasteiger charge is 2.48. The molecule has 2 amide bonds. The van der Waals surface area contributed by atoms with E-state index in [1.807, 2.05) is 6.92 Å². The Balaban J connectivity index is 4.92. The standard InChI is InChI=1S/C14H28N2O4Si/c1-8-9-19-13(17)15-16-14(18)20-21(10(2)3,11(4)5)12(6)7/h10-12H,8-9H2,1-7H3. The van der Waals surface area contributed by atoms with E-state index in [4.69, 9.17) is 9.16 Å². The summed E-state index contributed by atoms with van der Waals surface area (Å²) in [5.74, 6) is 0. The fourth-order valence-electron chi connectivity index (χ4n) is 2.83. The quantitative estimate of drug-likeness (QED) is 0.492. The maximum absolute atomic E-state index is 11.9. The number of amides is 2. The Hall–Kier alpha value is -1.24. The Labute approximate surface area is 128 Å². The van der Waals surface area contributed by atoms with Gasteiger partial charge in [0.15, 0.2) is 0 Å². The third kappa shape index (κ3) is 5.57. The third-order valence-electron chi connectivity index (χ3n) is 3.61. The van der Waals surface area contributed by atoms with E-state index in [1.54, 1.807) is 0 Å². The van der Waals surface area contributed by atoms with Gasteiger partial charge in [0, 0.05) is 0 Å². The van der Waals surface area contributed by atoms with Crippen molar-refractivity contribution in [2.75, 3.05) is 6.61 Å². The Morgan fingerprint density at radius 1 is 0.905 bits per heavy atom. The molecule has 0 spiro atoms. The molecule has 0 aromatic heterocycles. The van der Waals surface area contributed by atoms with E-state index >= 15 is 0 Å². The van der Waals surface area contributed by atoms with Crippen molar-refractivity contribution < 1.29 is 18.8 Å². The molecule has 0 N–H and O–H groups in total. The minimum absolute atomic E-state index is 0.253. The van der Waals surface area contributed by atoms with Crippen LogP contribution in [0, 0.1) is 0 Å². The van der Waals surface area contributed by atoms with Crippen LogP contribution in [0.5, 0.6) is 0 Å².